The number of fused-ring (bicyclic) bond motifs is 1. The number of rotatable bonds is 3. The van der Waals surface area contributed by atoms with Gasteiger partial charge in [0.25, 0.3) is 0 Å². The number of aromatic nitrogens is 5. The van der Waals surface area contributed by atoms with Gasteiger partial charge in [0, 0.05) is 12.4 Å². The van der Waals surface area contributed by atoms with Crippen LogP contribution in [-0.4, -0.2) is 37.6 Å². The number of nitrogens with zero attached hydrogens (tertiary/aromatic N) is 5. The van der Waals surface area contributed by atoms with Crippen molar-refractivity contribution in [2.24, 2.45) is 0 Å². The minimum absolute atomic E-state index is 0.335. The highest BCUT2D eigenvalue weighted by atomic mass is 15.4. The lowest BCUT2D eigenvalue weighted by atomic mass is 9.87. The summed E-state index contributed by atoms with van der Waals surface area (Å²) < 4.78 is 4.32. The standard InChI is InChI=1S/C20H24N6/c1-2-6-17-15(4-1)5-3-7-19(17)25-13-12-22-20(25)18-14-26(24-23-18)16-8-10-21-11-9-16/h1-2,4,6,12-14,16,19,21H,3,5,7-11H2/t19-/m0/s1. The third-order valence-corrected chi connectivity index (χ3v) is 5.76. The molecule has 1 aliphatic carbocycles. The van der Waals surface area contributed by atoms with E-state index < -0.39 is 0 Å². The highest BCUT2D eigenvalue weighted by Gasteiger charge is 2.25. The summed E-state index contributed by atoms with van der Waals surface area (Å²) >= 11 is 0. The summed E-state index contributed by atoms with van der Waals surface area (Å²) in [5.41, 5.74) is 3.75. The van der Waals surface area contributed by atoms with E-state index in [1.807, 2.05) is 10.9 Å². The Kier molecular flexibility index (Phi) is 4.05. The van der Waals surface area contributed by atoms with Crippen molar-refractivity contribution in [1.82, 2.24) is 29.9 Å². The number of hydrogen-bond donors (Lipinski definition) is 1. The van der Waals surface area contributed by atoms with Crippen LogP contribution in [0, 0.1) is 0 Å². The van der Waals surface area contributed by atoms with E-state index in [0.717, 1.165) is 43.9 Å². The van der Waals surface area contributed by atoms with Crippen LogP contribution in [0.3, 0.4) is 0 Å². The van der Waals surface area contributed by atoms with Crippen LogP contribution in [-0.2, 0) is 6.42 Å². The van der Waals surface area contributed by atoms with Crippen LogP contribution in [0.2, 0.25) is 0 Å². The molecule has 0 unspecified atom stereocenters. The number of nitrogens with one attached hydrogen (secondary N) is 1. The third kappa shape index (κ3) is 2.74. The lowest BCUT2D eigenvalue weighted by molar-refractivity contribution is 0.337. The predicted molar refractivity (Wildman–Crippen MR) is 99.9 cm³/mol. The van der Waals surface area contributed by atoms with Crippen molar-refractivity contribution in [3.63, 3.8) is 0 Å². The Morgan fingerprint density at radius 3 is 2.88 bits per heavy atom. The van der Waals surface area contributed by atoms with Gasteiger partial charge in [0.2, 0.25) is 0 Å². The molecule has 0 spiro atoms. The molecule has 1 aliphatic heterocycles. The van der Waals surface area contributed by atoms with Gasteiger partial charge in [0.05, 0.1) is 18.3 Å². The SMILES string of the molecule is c1ccc2c(c1)CCC[C@@H]2n1ccnc1-c1cn(C2CCNCC2)nn1. The van der Waals surface area contributed by atoms with Gasteiger partial charge in [-0.2, -0.15) is 0 Å². The molecular weight excluding hydrogens is 324 g/mol. The van der Waals surface area contributed by atoms with E-state index in [1.54, 1.807) is 0 Å². The van der Waals surface area contributed by atoms with Gasteiger partial charge in [-0.15, -0.1) is 5.10 Å². The molecule has 1 N–H and O–H groups in total. The molecule has 0 amide bonds. The Hall–Kier alpha value is -2.47. The molecule has 1 atom stereocenters. The zero-order valence-corrected chi connectivity index (χ0v) is 14.9. The van der Waals surface area contributed by atoms with Gasteiger partial charge >= 0.3 is 0 Å². The molecule has 0 bridgehead atoms. The largest absolute Gasteiger partial charge is 0.322 e. The zero-order chi connectivity index (χ0) is 17.3. The zero-order valence-electron chi connectivity index (χ0n) is 14.9. The second-order valence-corrected chi connectivity index (χ2v) is 7.33. The highest BCUT2D eigenvalue weighted by molar-refractivity contribution is 5.49. The van der Waals surface area contributed by atoms with E-state index in [0.29, 0.717) is 12.1 Å². The monoisotopic (exact) mass is 348 g/mol. The fraction of sp³-hybridized carbons (Fsp3) is 0.450. The molecule has 0 saturated carbocycles. The van der Waals surface area contributed by atoms with E-state index in [1.165, 1.54) is 24.0 Å². The topological polar surface area (TPSA) is 60.6 Å². The van der Waals surface area contributed by atoms with Crippen molar-refractivity contribution in [2.45, 2.75) is 44.2 Å². The molecular formula is C20H24N6. The molecule has 1 fully saturated rings. The predicted octanol–water partition coefficient (Wildman–Crippen LogP) is 2.99. The molecule has 2 aliphatic rings. The van der Waals surface area contributed by atoms with Gasteiger partial charge in [0.1, 0.15) is 5.69 Å². The third-order valence-electron chi connectivity index (χ3n) is 5.76. The second kappa shape index (κ2) is 6.68. The Balaban J connectivity index is 1.48. The van der Waals surface area contributed by atoms with E-state index >= 15 is 0 Å². The summed E-state index contributed by atoms with van der Waals surface area (Å²) in [6.45, 7) is 2.10. The Labute approximate surface area is 153 Å². The summed E-state index contributed by atoms with van der Waals surface area (Å²) in [4.78, 5) is 4.63. The maximum absolute atomic E-state index is 4.63. The Morgan fingerprint density at radius 1 is 1.08 bits per heavy atom. The van der Waals surface area contributed by atoms with E-state index in [-0.39, 0.29) is 0 Å². The van der Waals surface area contributed by atoms with Crippen LogP contribution in [0.1, 0.15) is 48.9 Å². The van der Waals surface area contributed by atoms with Crippen LogP contribution in [0.5, 0.6) is 0 Å². The Morgan fingerprint density at radius 2 is 1.96 bits per heavy atom. The van der Waals surface area contributed by atoms with Crippen LogP contribution in [0.15, 0.2) is 42.9 Å². The minimum atomic E-state index is 0.335. The van der Waals surface area contributed by atoms with E-state index in [4.69, 9.17) is 0 Å². The van der Waals surface area contributed by atoms with Crippen LogP contribution < -0.4 is 5.32 Å². The molecule has 5 rings (SSSR count). The average Bonchev–Trinajstić information content (AvgIpc) is 3.37. The van der Waals surface area contributed by atoms with Crippen molar-refractivity contribution in [1.29, 1.82) is 0 Å². The Bertz CT molecular complexity index is 889. The fourth-order valence-electron chi connectivity index (χ4n) is 4.41. The lowest BCUT2D eigenvalue weighted by Gasteiger charge is -2.27. The molecule has 26 heavy (non-hydrogen) atoms. The second-order valence-electron chi connectivity index (χ2n) is 7.33. The molecule has 2 aromatic heterocycles. The average molecular weight is 348 g/mol. The maximum atomic E-state index is 4.63. The number of hydrogen-bond acceptors (Lipinski definition) is 4. The first-order valence-corrected chi connectivity index (χ1v) is 9.64. The summed E-state index contributed by atoms with van der Waals surface area (Å²) in [6.07, 6.45) is 11.8. The van der Waals surface area contributed by atoms with E-state index in [2.05, 4.69) is 61.8 Å². The van der Waals surface area contributed by atoms with Crippen LogP contribution >= 0.6 is 0 Å². The van der Waals surface area contributed by atoms with Crippen molar-refractivity contribution in [2.75, 3.05) is 13.1 Å². The van der Waals surface area contributed by atoms with Crippen molar-refractivity contribution >= 4 is 0 Å². The molecule has 0 radical (unpaired) electrons. The first kappa shape index (κ1) is 15.8. The van der Waals surface area contributed by atoms with Gasteiger partial charge in [-0.25, -0.2) is 9.67 Å². The highest BCUT2D eigenvalue weighted by Crippen LogP contribution is 2.35. The van der Waals surface area contributed by atoms with Crippen molar-refractivity contribution in [3.05, 3.63) is 54.0 Å². The number of imidazole rings is 1. The van der Waals surface area contributed by atoms with Gasteiger partial charge < -0.3 is 9.88 Å². The summed E-state index contributed by atoms with van der Waals surface area (Å²) in [5, 5.41) is 12.3. The van der Waals surface area contributed by atoms with Crippen molar-refractivity contribution < 1.29 is 0 Å². The van der Waals surface area contributed by atoms with Gasteiger partial charge in [0.15, 0.2) is 5.82 Å². The minimum Gasteiger partial charge on any atom is -0.322 e. The summed E-state index contributed by atoms with van der Waals surface area (Å²) in [6, 6.07) is 9.57. The quantitative estimate of drug-likeness (QED) is 0.790. The molecule has 3 aromatic rings. The van der Waals surface area contributed by atoms with Crippen LogP contribution in [0.4, 0.5) is 0 Å². The first-order valence-electron chi connectivity index (χ1n) is 9.64. The molecule has 1 saturated heterocycles. The summed E-state index contributed by atoms with van der Waals surface area (Å²) in [5.74, 6) is 0.923. The van der Waals surface area contributed by atoms with Crippen molar-refractivity contribution in [3.8, 4) is 11.5 Å². The maximum Gasteiger partial charge on any atom is 0.162 e. The molecule has 6 nitrogen and oxygen atoms in total. The lowest BCUT2D eigenvalue weighted by Crippen LogP contribution is -2.29. The van der Waals surface area contributed by atoms with Gasteiger partial charge in [-0.05, 0) is 56.3 Å². The summed E-state index contributed by atoms with van der Waals surface area (Å²) in [7, 11) is 0. The number of benzene rings is 1. The smallest absolute Gasteiger partial charge is 0.162 e. The van der Waals surface area contributed by atoms with Crippen LogP contribution in [0.25, 0.3) is 11.5 Å². The molecule has 6 heteroatoms. The number of aryl methyl sites for hydroxylation is 1. The first-order chi connectivity index (χ1) is 12.9. The van der Waals surface area contributed by atoms with E-state index in [9.17, 15) is 0 Å². The fourth-order valence-corrected chi connectivity index (χ4v) is 4.41. The molecule has 3 heterocycles. The normalized spacial score (nSPS) is 20.8. The van der Waals surface area contributed by atoms with Gasteiger partial charge in [-0.1, -0.05) is 29.5 Å². The molecule has 1 aromatic carbocycles. The number of piperidine rings is 1. The molecule has 134 valence electrons. The van der Waals surface area contributed by atoms with Gasteiger partial charge in [-0.3, -0.25) is 0 Å².